The van der Waals surface area contributed by atoms with Crippen molar-refractivity contribution in [1.82, 2.24) is 4.57 Å². The standard InChI is InChI=1S/C32H32N2O6S/c1-6-10-23-28(31(36)40-7-2)29(27-22-12-9-8-11-19(22)13-15-25(27)39-5)34-30(35)26(41-32(34)33-23)18-20-17-21(37-3)14-16-24(20)38-4/h8-9,11-18,29H,6-7,10H2,1-5H3/t29-/m1/s1. The number of benzene rings is 3. The number of carbonyl (C=O) groups is 1. The number of methoxy groups -OCH3 is 3. The molecule has 1 aliphatic heterocycles. The van der Waals surface area contributed by atoms with Gasteiger partial charge in [0.2, 0.25) is 0 Å². The second-order valence-corrected chi connectivity index (χ2v) is 10.4. The minimum Gasteiger partial charge on any atom is -0.497 e. The van der Waals surface area contributed by atoms with Crippen molar-refractivity contribution in [1.29, 1.82) is 0 Å². The number of allylic oxidation sites excluding steroid dienone is 1. The predicted octanol–water partition coefficient (Wildman–Crippen LogP) is 4.76. The van der Waals surface area contributed by atoms with Gasteiger partial charge >= 0.3 is 5.97 Å². The van der Waals surface area contributed by atoms with Crippen LogP contribution in [0, 0.1) is 0 Å². The SMILES string of the molecule is CCCC1=C(C(=O)OCC)[C@@H](c2c(OC)ccc3ccccc23)n2c(sc(=Cc3cc(OC)ccc3OC)c2=O)=N1. The highest BCUT2D eigenvalue weighted by molar-refractivity contribution is 7.07. The molecule has 0 spiro atoms. The van der Waals surface area contributed by atoms with E-state index in [0.29, 0.717) is 55.4 Å². The van der Waals surface area contributed by atoms with Gasteiger partial charge in [-0.1, -0.05) is 55.0 Å². The van der Waals surface area contributed by atoms with Crippen molar-refractivity contribution >= 4 is 34.2 Å². The Hall–Kier alpha value is -4.37. The Morgan fingerprint density at radius 3 is 2.46 bits per heavy atom. The summed E-state index contributed by atoms with van der Waals surface area (Å²) in [6.45, 7) is 3.99. The van der Waals surface area contributed by atoms with E-state index in [9.17, 15) is 9.59 Å². The molecule has 5 rings (SSSR count). The molecule has 4 aromatic rings. The molecule has 1 aliphatic rings. The maximum absolute atomic E-state index is 14.3. The first-order valence-corrected chi connectivity index (χ1v) is 14.3. The van der Waals surface area contributed by atoms with Crippen molar-refractivity contribution in [3.05, 3.63) is 96.7 Å². The summed E-state index contributed by atoms with van der Waals surface area (Å²) < 4.78 is 24.4. The lowest BCUT2D eigenvalue weighted by molar-refractivity contribution is -0.139. The van der Waals surface area contributed by atoms with Crippen molar-refractivity contribution in [3.8, 4) is 17.2 Å². The number of nitrogens with zero attached hydrogens (tertiary/aromatic N) is 2. The lowest BCUT2D eigenvalue weighted by atomic mass is 9.90. The molecule has 3 aromatic carbocycles. The first-order chi connectivity index (χ1) is 19.9. The van der Waals surface area contributed by atoms with E-state index in [0.717, 1.165) is 17.2 Å². The summed E-state index contributed by atoms with van der Waals surface area (Å²) in [6.07, 6.45) is 3.08. The Morgan fingerprint density at radius 2 is 1.76 bits per heavy atom. The van der Waals surface area contributed by atoms with Gasteiger partial charge in [-0.15, -0.1) is 0 Å². The van der Waals surface area contributed by atoms with Crippen LogP contribution in [0.25, 0.3) is 16.8 Å². The Bertz CT molecular complexity index is 1840. The van der Waals surface area contributed by atoms with Crippen molar-refractivity contribution in [2.24, 2.45) is 4.99 Å². The Balaban J connectivity index is 1.88. The minimum atomic E-state index is -0.803. The van der Waals surface area contributed by atoms with Gasteiger partial charge in [0, 0.05) is 11.1 Å². The van der Waals surface area contributed by atoms with Crippen LogP contribution in [-0.4, -0.2) is 38.5 Å². The smallest absolute Gasteiger partial charge is 0.338 e. The molecule has 41 heavy (non-hydrogen) atoms. The zero-order valence-corrected chi connectivity index (χ0v) is 24.5. The molecule has 1 aromatic heterocycles. The summed E-state index contributed by atoms with van der Waals surface area (Å²) in [5.74, 6) is 1.31. The molecule has 212 valence electrons. The zero-order valence-electron chi connectivity index (χ0n) is 23.7. The van der Waals surface area contributed by atoms with Crippen molar-refractivity contribution in [2.75, 3.05) is 27.9 Å². The maximum atomic E-state index is 14.3. The fourth-order valence-corrected chi connectivity index (χ4v) is 6.23. The first-order valence-electron chi connectivity index (χ1n) is 13.4. The fraction of sp³-hybridized carbons (Fsp3) is 0.281. The molecule has 0 radical (unpaired) electrons. The van der Waals surface area contributed by atoms with Gasteiger partial charge < -0.3 is 18.9 Å². The average Bonchev–Trinajstić information content (AvgIpc) is 3.30. The second kappa shape index (κ2) is 12.0. The Labute approximate surface area is 241 Å². The number of fused-ring (bicyclic) bond motifs is 2. The molecule has 0 unspecified atom stereocenters. The molecule has 0 fully saturated rings. The predicted molar refractivity (Wildman–Crippen MR) is 160 cm³/mol. The third-order valence-electron chi connectivity index (χ3n) is 7.04. The van der Waals surface area contributed by atoms with Gasteiger partial charge in [0.25, 0.3) is 5.56 Å². The lowest BCUT2D eigenvalue weighted by Crippen LogP contribution is -2.40. The summed E-state index contributed by atoms with van der Waals surface area (Å²) in [4.78, 5) is 33.3. The van der Waals surface area contributed by atoms with Crippen molar-refractivity contribution in [2.45, 2.75) is 32.7 Å². The molecular formula is C32H32N2O6S. The lowest BCUT2D eigenvalue weighted by Gasteiger charge is -2.28. The van der Waals surface area contributed by atoms with E-state index >= 15 is 0 Å². The molecule has 0 saturated heterocycles. The number of thiazole rings is 1. The normalized spacial score (nSPS) is 15.0. The van der Waals surface area contributed by atoms with Gasteiger partial charge in [-0.3, -0.25) is 9.36 Å². The van der Waals surface area contributed by atoms with Crippen molar-refractivity contribution in [3.63, 3.8) is 0 Å². The van der Waals surface area contributed by atoms with Gasteiger partial charge in [-0.2, -0.15) is 0 Å². The molecular weight excluding hydrogens is 540 g/mol. The van der Waals surface area contributed by atoms with E-state index in [4.69, 9.17) is 23.9 Å². The topological polar surface area (TPSA) is 88.4 Å². The van der Waals surface area contributed by atoms with Crippen LogP contribution in [0.15, 0.2) is 75.7 Å². The van der Waals surface area contributed by atoms with E-state index in [1.54, 1.807) is 51.0 Å². The molecule has 8 nitrogen and oxygen atoms in total. The third kappa shape index (κ3) is 5.13. The molecule has 2 heterocycles. The van der Waals surface area contributed by atoms with Gasteiger partial charge in [0.05, 0.1) is 43.7 Å². The summed E-state index contributed by atoms with van der Waals surface area (Å²) in [6, 6.07) is 16.3. The van der Waals surface area contributed by atoms with E-state index in [1.807, 2.05) is 49.4 Å². The second-order valence-electron chi connectivity index (χ2n) is 9.42. The molecule has 0 amide bonds. The molecule has 1 atom stereocenters. The summed E-state index contributed by atoms with van der Waals surface area (Å²) in [5, 5.41) is 1.84. The molecule has 9 heteroatoms. The highest BCUT2D eigenvalue weighted by Crippen LogP contribution is 2.41. The summed E-state index contributed by atoms with van der Waals surface area (Å²) >= 11 is 1.27. The highest BCUT2D eigenvalue weighted by Gasteiger charge is 2.37. The van der Waals surface area contributed by atoms with Crippen LogP contribution in [0.4, 0.5) is 0 Å². The van der Waals surface area contributed by atoms with Crippen LogP contribution >= 0.6 is 11.3 Å². The number of aromatic nitrogens is 1. The fourth-order valence-electron chi connectivity index (χ4n) is 5.22. The molecule has 0 N–H and O–H groups in total. The van der Waals surface area contributed by atoms with Gasteiger partial charge in [0.15, 0.2) is 4.80 Å². The molecule has 0 saturated carbocycles. The first kappa shape index (κ1) is 28.2. The van der Waals surface area contributed by atoms with Crippen LogP contribution < -0.4 is 29.1 Å². The highest BCUT2D eigenvalue weighted by atomic mass is 32.1. The quantitative estimate of drug-likeness (QED) is 0.269. The van der Waals surface area contributed by atoms with E-state index in [2.05, 4.69) is 0 Å². The number of hydrogen-bond donors (Lipinski definition) is 0. The number of ether oxygens (including phenoxy) is 4. The molecule has 0 aliphatic carbocycles. The van der Waals surface area contributed by atoms with Crippen LogP contribution in [0.2, 0.25) is 0 Å². The van der Waals surface area contributed by atoms with E-state index in [-0.39, 0.29) is 12.2 Å². The monoisotopic (exact) mass is 572 g/mol. The summed E-state index contributed by atoms with van der Waals surface area (Å²) in [5.41, 5.74) is 2.08. The van der Waals surface area contributed by atoms with E-state index in [1.165, 1.54) is 11.3 Å². The number of hydrogen-bond acceptors (Lipinski definition) is 8. The Morgan fingerprint density at radius 1 is 1.00 bits per heavy atom. The van der Waals surface area contributed by atoms with E-state index < -0.39 is 12.0 Å². The van der Waals surface area contributed by atoms with Gasteiger partial charge in [-0.05, 0) is 54.5 Å². The zero-order chi connectivity index (χ0) is 29.1. The van der Waals surface area contributed by atoms with Crippen LogP contribution in [0.1, 0.15) is 43.9 Å². The Kier molecular flexibility index (Phi) is 8.26. The minimum absolute atomic E-state index is 0.196. The number of rotatable bonds is 9. The number of esters is 1. The van der Waals surface area contributed by atoms with Crippen LogP contribution in [0.5, 0.6) is 17.2 Å². The number of carbonyl (C=O) groups excluding carboxylic acids is 1. The summed E-state index contributed by atoms with van der Waals surface area (Å²) in [7, 11) is 4.76. The van der Waals surface area contributed by atoms with Crippen LogP contribution in [-0.2, 0) is 9.53 Å². The van der Waals surface area contributed by atoms with Gasteiger partial charge in [0.1, 0.15) is 23.3 Å². The third-order valence-corrected chi connectivity index (χ3v) is 8.02. The molecule has 0 bridgehead atoms. The maximum Gasteiger partial charge on any atom is 0.338 e. The van der Waals surface area contributed by atoms with Gasteiger partial charge in [-0.25, -0.2) is 9.79 Å². The van der Waals surface area contributed by atoms with Crippen LogP contribution in [0.3, 0.4) is 0 Å². The van der Waals surface area contributed by atoms with Crippen molar-refractivity contribution < 1.29 is 23.7 Å². The average molecular weight is 573 g/mol. The largest absolute Gasteiger partial charge is 0.497 e.